The summed E-state index contributed by atoms with van der Waals surface area (Å²) in [6.07, 6.45) is 17.8. The minimum atomic E-state index is -1.46. The highest BCUT2D eigenvalue weighted by molar-refractivity contribution is 6.61. The lowest BCUT2D eigenvalue weighted by Crippen LogP contribution is -2.55. The number of benzene rings is 2. The molecule has 2 aliphatic heterocycles. The van der Waals surface area contributed by atoms with Gasteiger partial charge in [0.2, 0.25) is 17.1 Å². The van der Waals surface area contributed by atoms with Gasteiger partial charge in [0, 0.05) is 55.0 Å². The first kappa shape index (κ1) is 42.9. The number of pyridine rings is 2. The molecule has 320 valence electrons. The van der Waals surface area contributed by atoms with E-state index in [0.29, 0.717) is 28.9 Å². The Morgan fingerprint density at radius 2 is 1.13 bits per heavy atom. The van der Waals surface area contributed by atoms with Gasteiger partial charge in [0.25, 0.3) is 0 Å². The molecule has 6 aromatic rings. The van der Waals surface area contributed by atoms with E-state index in [1.54, 1.807) is 53.8 Å². The Morgan fingerprint density at radius 3 is 1.68 bits per heavy atom. The zero-order chi connectivity index (χ0) is 43.5. The van der Waals surface area contributed by atoms with Crippen molar-refractivity contribution in [1.82, 2.24) is 29.9 Å². The van der Waals surface area contributed by atoms with Crippen molar-refractivity contribution < 1.29 is 19.6 Å². The van der Waals surface area contributed by atoms with Gasteiger partial charge in [0.1, 0.15) is 23.5 Å². The molecule has 0 radical (unpaired) electrons. The number of carbonyl (C=O) groups is 2. The molecule has 2 saturated carbocycles. The van der Waals surface area contributed by atoms with Crippen LogP contribution in [0.15, 0.2) is 85.5 Å². The molecule has 2 amide bonds. The highest BCUT2D eigenvalue weighted by atomic mass is 35.5. The summed E-state index contributed by atoms with van der Waals surface area (Å²) in [5, 5.41) is 20.3. The Kier molecular flexibility index (Phi) is 12.9. The van der Waals surface area contributed by atoms with E-state index in [1.165, 1.54) is 25.7 Å². The number of aromatic nitrogens is 6. The molecule has 62 heavy (non-hydrogen) atoms. The van der Waals surface area contributed by atoms with Crippen molar-refractivity contribution >= 4 is 80.8 Å². The van der Waals surface area contributed by atoms with Crippen molar-refractivity contribution in [2.24, 2.45) is 0 Å². The van der Waals surface area contributed by atoms with Gasteiger partial charge >= 0.3 is 7.12 Å². The Morgan fingerprint density at radius 1 is 0.645 bits per heavy atom. The van der Waals surface area contributed by atoms with Crippen LogP contribution < -0.4 is 25.1 Å². The average molecular weight is 855 g/mol. The van der Waals surface area contributed by atoms with E-state index in [-0.39, 0.29) is 29.2 Å². The smallest absolute Gasteiger partial charge is 0.423 e. The van der Waals surface area contributed by atoms with Gasteiger partial charge in [-0.05, 0) is 73.7 Å². The van der Waals surface area contributed by atoms with Crippen LogP contribution in [0.4, 0.5) is 23.0 Å². The van der Waals surface area contributed by atoms with Crippen LogP contribution in [0.3, 0.4) is 0 Å². The lowest BCUT2D eigenvalue weighted by atomic mass is 9.79. The number of likely N-dealkylation sites (N-methyl/N-ethyl adjacent to an activating group) is 2. The molecule has 2 fully saturated rings. The number of halogens is 1. The molecule has 2 N–H and O–H groups in total. The molecule has 10 rings (SSSR count). The summed E-state index contributed by atoms with van der Waals surface area (Å²) in [5.74, 6) is 2.61. The van der Waals surface area contributed by atoms with Gasteiger partial charge in [-0.1, -0.05) is 82.0 Å². The standard InChI is InChI=1S/C23H25N5O.C14H19ClN4O.C9H8BNO2/c1-3-18-23(29)27(2)19-14-25-21(26-22(19)28(18)16-10-4-5-11-16)17-12-6-8-15-9-7-13-24-20(15)17;1-3-10-13(20)18(2)11-8-16-14(15)17-12(11)19(10)9-6-4-5-7-9;12-10(13)8-5-1-3-7-4-2-6-11-9(7)8/h6-9,12-14,16,18H,3-5,10-11H2,1-2H3;8-10H,3-7H2,1-2H3;1-6,12-13H/t18-;10-;/m11./s1. The molecular formula is C46H52BClN10O4. The summed E-state index contributed by atoms with van der Waals surface area (Å²) in [4.78, 5) is 60.2. The third kappa shape index (κ3) is 8.28. The zero-order valence-electron chi connectivity index (χ0n) is 35.6. The largest absolute Gasteiger partial charge is 0.490 e. The van der Waals surface area contributed by atoms with Gasteiger partial charge < -0.3 is 29.6 Å². The van der Waals surface area contributed by atoms with Crippen molar-refractivity contribution in [3.8, 4) is 11.4 Å². The Balaban J connectivity index is 0.000000139. The van der Waals surface area contributed by atoms with Crippen molar-refractivity contribution in [3.05, 3.63) is 90.7 Å². The first-order chi connectivity index (χ1) is 30.1. The number of amides is 2. The molecule has 0 saturated heterocycles. The number of para-hydroxylation sites is 2. The van der Waals surface area contributed by atoms with Gasteiger partial charge in [0.05, 0.1) is 23.4 Å². The van der Waals surface area contributed by atoms with Gasteiger partial charge in [-0.25, -0.2) is 15.0 Å². The number of fused-ring (bicyclic) bond motifs is 4. The second-order valence-electron chi connectivity index (χ2n) is 16.3. The fraction of sp³-hybridized carbons (Fsp3) is 0.391. The first-order valence-electron chi connectivity index (χ1n) is 21.7. The monoisotopic (exact) mass is 854 g/mol. The highest BCUT2D eigenvalue weighted by Gasteiger charge is 2.42. The summed E-state index contributed by atoms with van der Waals surface area (Å²) >= 11 is 5.97. The van der Waals surface area contributed by atoms with Gasteiger partial charge in [-0.3, -0.25) is 19.6 Å². The van der Waals surface area contributed by atoms with Gasteiger partial charge in [-0.2, -0.15) is 4.98 Å². The third-order valence-corrected chi connectivity index (χ3v) is 12.8. The minimum Gasteiger partial charge on any atom is -0.423 e. The first-order valence-corrected chi connectivity index (χ1v) is 22.0. The molecule has 4 aliphatic rings. The van der Waals surface area contributed by atoms with Crippen LogP contribution in [-0.2, 0) is 9.59 Å². The van der Waals surface area contributed by atoms with Crippen molar-refractivity contribution in [1.29, 1.82) is 0 Å². The molecule has 2 aliphatic carbocycles. The molecular weight excluding hydrogens is 803 g/mol. The molecule has 16 heteroatoms. The maximum atomic E-state index is 13.0. The SMILES string of the molecule is CC[C@@H]1C(=O)N(C)c2cnc(-c3cccc4cccnc34)nc2N1C1CCCC1.CC[C@@H]1C(=O)N(C)c2cnc(Cl)nc2N1C1CCCC1.OB(O)c1cccc2cccnc12. The summed E-state index contributed by atoms with van der Waals surface area (Å²) in [5.41, 5.74) is 4.46. The third-order valence-electron chi connectivity index (χ3n) is 12.6. The minimum absolute atomic E-state index is 0.123. The second kappa shape index (κ2) is 18.7. The number of carbonyl (C=O) groups excluding carboxylic acids is 2. The van der Waals surface area contributed by atoms with E-state index >= 15 is 0 Å². The van der Waals surface area contributed by atoms with E-state index < -0.39 is 7.12 Å². The Bertz CT molecular complexity index is 2560. The van der Waals surface area contributed by atoms with Crippen LogP contribution >= 0.6 is 11.6 Å². The molecule has 4 aromatic heterocycles. The van der Waals surface area contributed by atoms with Crippen molar-refractivity contribution in [2.75, 3.05) is 33.7 Å². The lowest BCUT2D eigenvalue weighted by Gasteiger charge is -2.43. The topological polar surface area (TPSA) is 165 Å². The second-order valence-corrected chi connectivity index (χ2v) is 16.6. The van der Waals surface area contributed by atoms with Crippen LogP contribution in [0.1, 0.15) is 78.1 Å². The summed E-state index contributed by atoms with van der Waals surface area (Å²) < 4.78 is 0. The van der Waals surface area contributed by atoms with Crippen molar-refractivity contribution in [2.45, 2.75) is 102 Å². The average Bonchev–Trinajstić information content (AvgIpc) is 4.05. The Hall–Kier alpha value is -5.77. The predicted octanol–water partition coefficient (Wildman–Crippen LogP) is 6.74. The maximum Gasteiger partial charge on any atom is 0.490 e. The van der Waals surface area contributed by atoms with E-state index in [9.17, 15) is 9.59 Å². The van der Waals surface area contributed by atoms with Crippen LogP contribution in [0.5, 0.6) is 0 Å². The number of hydrogen-bond acceptors (Lipinski definition) is 12. The number of rotatable bonds is 6. The van der Waals surface area contributed by atoms with Crippen LogP contribution in [0, 0.1) is 0 Å². The number of anilines is 4. The van der Waals surface area contributed by atoms with Gasteiger partial charge in [-0.15, -0.1) is 0 Å². The molecule has 2 aromatic carbocycles. The van der Waals surface area contributed by atoms with E-state index in [2.05, 4.69) is 53.8 Å². The van der Waals surface area contributed by atoms with Crippen LogP contribution in [-0.4, -0.2) is 97.1 Å². The Labute approximate surface area is 367 Å². The van der Waals surface area contributed by atoms with Crippen molar-refractivity contribution in [3.63, 3.8) is 0 Å². The highest BCUT2D eigenvalue weighted by Crippen LogP contribution is 2.42. The van der Waals surface area contributed by atoms with Gasteiger partial charge in [0.15, 0.2) is 17.5 Å². The summed E-state index contributed by atoms with van der Waals surface area (Å²) in [7, 11) is 2.16. The quantitative estimate of drug-likeness (QED) is 0.134. The van der Waals surface area contributed by atoms with E-state index in [1.807, 2.05) is 50.4 Å². The zero-order valence-corrected chi connectivity index (χ0v) is 36.4. The normalized spacial score (nSPS) is 19.0. The molecule has 2 atom stereocenters. The molecule has 0 spiro atoms. The fourth-order valence-electron chi connectivity index (χ4n) is 9.50. The maximum absolute atomic E-state index is 13.0. The van der Waals surface area contributed by atoms with Crippen LogP contribution in [0.25, 0.3) is 33.2 Å². The molecule has 0 unspecified atom stereocenters. The number of nitrogens with zero attached hydrogens (tertiary/aromatic N) is 10. The lowest BCUT2D eigenvalue weighted by molar-refractivity contribution is -0.120. The fourth-order valence-corrected chi connectivity index (χ4v) is 9.62. The molecule has 0 bridgehead atoms. The summed E-state index contributed by atoms with van der Waals surface area (Å²) in [6.45, 7) is 4.13. The summed E-state index contributed by atoms with van der Waals surface area (Å²) in [6, 6.07) is 19.5. The molecule has 14 nitrogen and oxygen atoms in total. The van der Waals surface area contributed by atoms with Crippen LogP contribution in [0.2, 0.25) is 5.28 Å². The van der Waals surface area contributed by atoms with E-state index in [0.717, 1.165) is 83.4 Å². The van der Waals surface area contributed by atoms with E-state index in [4.69, 9.17) is 26.6 Å². The molecule has 6 heterocycles. The predicted molar refractivity (Wildman–Crippen MR) is 246 cm³/mol. The number of hydrogen-bond donors (Lipinski definition) is 2.